The molecular weight excluding hydrogens is 592 g/mol. The van der Waals surface area contributed by atoms with Gasteiger partial charge in [0.25, 0.3) is 11.5 Å². The van der Waals surface area contributed by atoms with Crippen molar-refractivity contribution < 1.29 is 42.9 Å². The van der Waals surface area contributed by atoms with Gasteiger partial charge in [-0.3, -0.25) is 9.59 Å². The molecule has 1 N–H and O–H groups in total. The Morgan fingerprint density at radius 1 is 0.860 bits per heavy atom. The first-order valence-corrected chi connectivity index (χ1v) is 15.7. The molecule has 0 unspecified atom stereocenters. The van der Waals surface area contributed by atoms with Gasteiger partial charge < -0.3 is 33.7 Å². The van der Waals surface area contributed by atoms with Crippen molar-refractivity contribution in [1.29, 1.82) is 0 Å². The molecule has 10 nitrogen and oxygen atoms in total. The Labute approximate surface area is 259 Å². The van der Waals surface area contributed by atoms with Crippen molar-refractivity contribution in [3.05, 3.63) is 70.7 Å². The molecule has 0 bridgehead atoms. The number of carboxylic acid groups (broad SMARTS) is 1. The highest BCUT2D eigenvalue weighted by Crippen LogP contribution is 2.45. The number of benzene rings is 2. The van der Waals surface area contributed by atoms with E-state index in [1.807, 2.05) is 18.2 Å². The van der Waals surface area contributed by atoms with Crippen LogP contribution in [0.1, 0.15) is 11.4 Å². The Morgan fingerprint density at radius 3 is 2.37 bits per heavy atom. The lowest BCUT2D eigenvalue weighted by atomic mass is 10.3. The number of allylic oxidation sites excluding steroid dienone is 2. The number of rotatable bonds is 21. The number of thioether (sulfide) groups is 1. The second-order valence-electron chi connectivity index (χ2n) is 9.21. The van der Waals surface area contributed by atoms with Gasteiger partial charge in [-0.15, -0.1) is 0 Å². The van der Waals surface area contributed by atoms with Gasteiger partial charge in [-0.25, -0.2) is 0 Å². The van der Waals surface area contributed by atoms with Crippen LogP contribution in [0.25, 0.3) is 16.3 Å². The molecule has 0 aliphatic carbocycles. The number of thiazole rings is 1. The standard InChI is InChI=1S/C31H36N2O8S2/c34-24-41-23-22-40-21-20-39-17-14-33-26-7-2-4-9-28(26)43-30(33)11-5-10-29-32(25-6-1-3-8-27(25)42-29)13-16-38-19-18-37-15-12-31(35)36/h1-11,24H,12-23H2/p+1. The van der Waals surface area contributed by atoms with E-state index in [4.69, 9.17) is 24.1 Å². The number of carbonyl (C=O) groups excluding carboxylic acids is 1. The molecule has 0 fully saturated rings. The van der Waals surface area contributed by atoms with Crippen molar-refractivity contribution in [3.8, 4) is 0 Å². The summed E-state index contributed by atoms with van der Waals surface area (Å²) in [6.45, 7) is 5.37. The molecule has 1 aromatic heterocycles. The number of hydrogen-bond donors (Lipinski definition) is 1. The van der Waals surface area contributed by atoms with Crippen LogP contribution in [0.15, 0.2) is 70.6 Å². The molecule has 2 heterocycles. The van der Waals surface area contributed by atoms with E-state index in [0.29, 0.717) is 65.8 Å². The van der Waals surface area contributed by atoms with Crippen LogP contribution >= 0.6 is 23.1 Å². The SMILES string of the molecule is O=COCCOCCOCCN1C(=CC=Cc2sc3ccccc3[n+]2CCOCCOCCC(=O)O)Sc2ccccc21. The van der Waals surface area contributed by atoms with E-state index in [2.05, 4.69) is 62.8 Å². The van der Waals surface area contributed by atoms with Crippen molar-refractivity contribution in [3.63, 3.8) is 0 Å². The maximum Gasteiger partial charge on any atom is 0.305 e. The number of para-hydroxylation sites is 2. The number of carboxylic acids is 1. The summed E-state index contributed by atoms with van der Waals surface area (Å²) in [6.07, 6.45) is 6.36. The van der Waals surface area contributed by atoms with E-state index in [1.165, 1.54) is 15.3 Å². The summed E-state index contributed by atoms with van der Waals surface area (Å²) in [5.74, 6) is -0.867. The van der Waals surface area contributed by atoms with E-state index >= 15 is 0 Å². The molecule has 2 aromatic carbocycles. The van der Waals surface area contributed by atoms with Gasteiger partial charge in [0.2, 0.25) is 5.52 Å². The zero-order chi connectivity index (χ0) is 30.1. The average molecular weight is 630 g/mol. The van der Waals surface area contributed by atoms with Gasteiger partial charge in [-0.05, 0) is 24.3 Å². The Kier molecular flexibility index (Phi) is 14.0. The smallest absolute Gasteiger partial charge is 0.305 e. The van der Waals surface area contributed by atoms with Gasteiger partial charge in [0.1, 0.15) is 17.9 Å². The number of aliphatic carboxylic acids is 1. The minimum Gasteiger partial charge on any atom is -0.481 e. The fourth-order valence-corrected chi connectivity index (χ4v) is 6.50. The second kappa shape index (κ2) is 18.4. The number of aromatic nitrogens is 1. The molecule has 12 heteroatoms. The van der Waals surface area contributed by atoms with Gasteiger partial charge in [0.15, 0.2) is 6.54 Å². The zero-order valence-corrected chi connectivity index (χ0v) is 25.6. The molecule has 0 amide bonds. The molecule has 0 saturated carbocycles. The maximum atomic E-state index is 10.6. The van der Waals surface area contributed by atoms with Gasteiger partial charge in [-0.2, -0.15) is 4.57 Å². The van der Waals surface area contributed by atoms with Gasteiger partial charge in [0.05, 0.1) is 63.4 Å². The van der Waals surface area contributed by atoms with Crippen LogP contribution in [0.5, 0.6) is 0 Å². The molecule has 230 valence electrons. The lowest BCUT2D eigenvalue weighted by molar-refractivity contribution is -0.670. The Morgan fingerprint density at radius 2 is 1.56 bits per heavy atom. The van der Waals surface area contributed by atoms with E-state index in [0.717, 1.165) is 15.6 Å². The molecule has 43 heavy (non-hydrogen) atoms. The molecule has 4 rings (SSSR count). The Bertz CT molecular complexity index is 1380. The van der Waals surface area contributed by atoms with Gasteiger partial charge in [0, 0.05) is 23.6 Å². The highest BCUT2D eigenvalue weighted by molar-refractivity contribution is 8.03. The fraction of sp³-hybridized carbons (Fsp3) is 0.387. The molecule has 0 saturated heterocycles. The minimum atomic E-state index is -0.867. The summed E-state index contributed by atoms with van der Waals surface area (Å²) in [5, 5.41) is 10.9. The van der Waals surface area contributed by atoms with Crippen LogP contribution in [0.3, 0.4) is 0 Å². The van der Waals surface area contributed by atoms with Crippen LogP contribution in [-0.4, -0.2) is 83.6 Å². The van der Waals surface area contributed by atoms with Crippen molar-refractivity contribution >= 4 is 57.5 Å². The lowest BCUT2D eigenvalue weighted by Gasteiger charge is -2.20. The van der Waals surface area contributed by atoms with Crippen LogP contribution in [0.2, 0.25) is 0 Å². The Hall–Kier alpha value is -3.26. The number of ether oxygens (including phenoxy) is 5. The van der Waals surface area contributed by atoms with Crippen LogP contribution in [0, 0.1) is 0 Å². The Balaban J connectivity index is 1.33. The van der Waals surface area contributed by atoms with Gasteiger partial charge >= 0.3 is 5.97 Å². The topological polar surface area (TPSA) is 108 Å². The first kappa shape index (κ1) is 32.6. The van der Waals surface area contributed by atoms with Crippen molar-refractivity contribution in [2.75, 3.05) is 70.9 Å². The number of nitrogens with zero attached hydrogens (tertiary/aromatic N) is 2. The largest absolute Gasteiger partial charge is 0.481 e. The predicted molar refractivity (Wildman–Crippen MR) is 166 cm³/mol. The molecule has 3 aromatic rings. The average Bonchev–Trinajstić information content (AvgIpc) is 3.55. The van der Waals surface area contributed by atoms with E-state index in [-0.39, 0.29) is 19.6 Å². The van der Waals surface area contributed by atoms with Crippen LogP contribution in [0.4, 0.5) is 5.69 Å². The van der Waals surface area contributed by atoms with Crippen molar-refractivity contribution in [2.24, 2.45) is 0 Å². The molecule has 1 aliphatic heterocycles. The minimum absolute atomic E-state index is 0.00431. The number of carbonyl (C=O) groups is 2. The zero-order valence-electron chi connectivity index (χ0n) is 23.9. The summed E-state index contributed by atoms with van der Waals surface area (Å²) in [4.78, 5) is 24.2. The number of fused-ring (bicyclic) bond motifs is 2. The fourth-order valence-electron chi connectivity index (χ4n) is 4.30. The maximum absolute atomic E-state index is 10.6. The van der Waals surface area contributed by atoms with E-state index in [9.17, 15) is 9.59 Å². The first-order chi connectivity index (χ1) is 21.2. The van der Waals surface area contributed by atoms with Crippen LogP contribution < -0.4 is 9.47 Å². The van der Waals surface area contributed by atoms with Crippen molar-refractivity contribution in [1.82, 2.24) is 0 Å². The third-order valence-electron chi connectivity index (χ3n) is 6.29. The first-order valence-electron chi connectivity index (χ1n) is 14.1. The highest BCUT2D eigenvalue weighted by Gasteiger charge is 2.24. The molecule has 0 radical (unpaired) electrons. The summed E-state index contributed by atoms with van der Waals surface area (Å²) in [6, 6.07) is 16.7. The summed E-state index contributed by atoms with van der Waals surface area (Å²) >= 11 is 3.47. The molecule has 0 atom stereocenters. The number of anilines is 1. The summed E-state index contributed by atoms with van der Waals surface area (Å²) in [7, 11) is 0. The molecular formula is C31H37N2O8S2+. The molecule has 0 spiro atoms. The van der Waals surface area contributed by atoms with E-state index in [1.54, 1.807) is 23.1 Å². The summed E-state index contributed by atoms with van der Waals surface area (Å²) < 4.78 is 30.3. The number of hydrogen-bond acceptors (Lipinski definition) is 10. The quantitative estimate of drug-likeness (QED) is 0.104. The van der Waals surface area contributed by atoms with E-state index < -0.39 is 5.97 Å². The van der Waals surface area contributed by atoms with Crippen molar-refractivity contribution in [2.45, 2.75) is 17.9 Å². The monoisotopic (exact) mass is 629 g/mol. The van der Waals surface area contributed by atoms with Gasteiger partial charge in [-0.1, -0.05) is 53.4 Å². The lowest BCUT2D eigenvalue weighted by Crippen LogP contribution is -2.37. The predicted octanol–water partition coefficient (Wildman–Crippen LogP) is 4.37. The molecule has 1 aliphatic rings. The third-order valence-corrected chi connectivity index (χ3v) is 8.55. The second-order valence-corrected chi connectivity index (χ2v) is 11.3. The summed E-state index contributed by atoms with van der Waals surface area (Å²) in [5.41, 5.74) is 2.32. The third kappa shape index (κ3) is 10.4. The normalized spacial score (nSPS) is 13.8. The van der Waals surface area contributed by atoms with Crippen LogP contribution in [-0.2, 0) is 39.8 Å². The highest BCUT2D eigenvalue weighted by atomic mass is 32.2.